The van der Waals surface area contributed by atoms with Gasteiger partial charge in [0.15, 0.2) is 5.16 Å². The molecule has 0 bridgehead atoms. The fourth-order valence-electron chi connectivity index (χ4n) is 3.00. The molecule has 0 atom stereocenters. The Morgan fingerprint density at radius 2 is 2.23 bits per heavy atom. The molecular formula is C22H23N3O3S2. The zero-order valence-corrected chi connectivity index (χ0v) is 18.1. The third-order valence-electron chi connectivity index (χ3n) is 4.39. The minimum atomic E-state index is -0.270. The van der Waals surface area contributed by atoms with Crippen LogP contribution in [0.25, 0.3) is 15.8 Å². The van der Waals surface area contributed by atoms with Crippen LogP contribution in [-0.4, -0.2) is 32.9 Å². The molecule has 2 N–H and O–H groups in total. The number of nitrogens with one attached hydrogen (secondary N) is 1. The van der Waals surface area contributed by atoms with Gasteiger partial charge in [-0.05, 0) is 24.5 Å². The van der Waals surface area contributed by atoms with Crippen LogP contribution in [0.4, 0.5) is 0 Å². The van der Waals surface area contributed by atoms with Crippen molar-refractivity contribution in [2.75, 3.05) is 12.3 Å². The van der Waals surface area contributed by atoms with Crippen LogP contribution in [0.3, 0.4) is 0 Å². The van der Waals surface area contributed by atoms with Crippen molar-refractivity contribution in [3.63, 3.8) is 0 Å². The second-order valence-corrected chi connectivity index (χ2v) is 8.33. The Morgan fingerprint density at radius 3 is 2.93 bits per heavy atom. The Hall–Kier alpha value is -2.84. The molecule has 0 radical (unpaired) electrons. The molecule has 1 aliphatic carbocycles. The molecule has 1 aliphatic rings. The van der Waals surface area contributed by atoms with Crippen molar-refractivity contribution in [1.29, 1.82) is 0 Å². The van der Waals surface area contributed by atoms with Crippen LogP contribution in [0.5, 0.6) is 0 Å². The van der Waals surface area contributed by atoms with E-state index in [0.717, 1.165) is 24.0 Å². The number of aliphatic hydroxyl groups is 1. The molecule has 2 aromatic heterocycles. The molecule has 2 heterocycles. The van der Waals surface area contributed by atoms with Gasteiger partial charge in [0.25, 0.3) is 5.56 Å². The average Bonchev–Trinajstić information content (AvgIpc) is 3.18. The highest BCUT2D eigenvalue weighted by molar-refractivity contribution is 7.99. The number of aromatic nitrogens is 2. The number of carbonyl (C=O) groups excluding carboxylic acids is 1. The molecule has 0 unspecified atom stereocenters. The van der Waals surface area contributed by atoms with Crippen LogP contribution in [0.2, 0.25) is 0 Å². The summed E-state index contributed by atoms with van der Waals surface area (Å²) in [4.78, 5) is 30.7. The van der Waals surface area contributed by atoms with Crippen molar-refractivity contribution in [2.45, 2.75) is 24.5 Å². The second kappa shape index (κ2) is 10.3. The lowest BCUT2D eigenvalue weighted by Crippen LogP contribution is -2.28. The van der Waals surface area contributed by atoms with Gasteiger partial charge in [-0.25, -0.2) is 4.98 Å². The van der Waals surface area contributed by atoms with Gasteiger partial charge in [-0.3, -0.25) is 14.2 Å². The largest absolute Gasteiger partial charge is 0.510 e. The number of amides is 1. The molecule has 30 heavy (non-hydrogen) atoms. The second-order valence-electron chi connectivity index (χ2n) is 6.53. The first-order valence-electron chi connectivity index (χ1n) is 9.45. The van der Waals surface area contributed by atoms with E-state index in [4.69, 9.17) is 0 Å². The minimum absolute atomic E-state index is 0.0173. The molecule has 0 saturated heterocycles. The SMILES string of the molecule is C=C/C=C(\O)CNC(=O)CSc1nc2scc(C3=CCCC=C3)c2c(=O)n1CC=C. The van der Waals surface area contributed by atoms with Gasteiger partial charge < -0.3 is 10.4 Å². The monoisotopic (exact) mass is 441 g/mol. The fourth-order valence-corrected chi connectivity index (χ4v) is 4.82. The molecule has 6 nitrogen and oxygen atoms in total. The summed E-state index contributed by atoms with van der Waals surface area (Å²) in [6.07, 6.45) is 12.8. The summed E-state index contributed by atoms with van der Waals surface area (Å²) in [5, 5.41) is 15.2. The van der Waals surface area contributed by atoms with Crippen LogP contribution >= 0.6 is 23.1 Å². The molecule has 0 aliphatic heterocycles. The fraction of sp³-hybridized carbons (Fsp3) is 0.227. The van der Waals surface area contributed by atoms with Crippen LogP contribution in [-0.2, 0) is 11.3 Å². The van der Waals surface area contributed by atoms with Crippen molar-refractivity contribution in [1.82, 2.24) is 14.9 Å². The summed E-state index contributed by atoms with van der Waals surface area (Å²) < 4.78 is 1.55. The predicted molar refractivity (Wildman–Crippen MR) is 125 cm³/mol. The molecular weight excluding hydrogens is 418 g/mol. The van der Waals surface area contributed by atoms with Crippen molar-refractivity contribution in [3.8, 4) is 0 Å². The smallest absolute Gasteiger partial charge is 0.263 e. The molecule has 1 amide bonds. The number of thioether (sulfide) groups is 1. The number of allylic oxidation sites excluding steroid dienone is 7. The number of nitrogens with zero attached hydrogens (tertiary/aromatic N) is 2. The van der Waals surface area contributed by atoms with Crippen LogP contribution in [0, 0.1) is 0 Å². The lowest BCUT2D eigenvalue weighted by molar-refractivity contribution is -0.118. The quantitative estimate of drug-likeness (QED) is 0.200. The summed E-state index contributed by atoms with van der Waals surface area (Å²) >= 11 is 2.61. The topological polar surface area (TPSA) is 84.2 Å². The van der Waals surface area contributed by atoms with E-state index in [2.05, 4.69) is 35.6 Å². The van der Waals surface area contributed by atoms with Gasteiger partial charge in [-0.15, -0.1) is 17.9 Å². The summed E-state index contributed by atoms with van der Waals surface area (Å²) in [7, 11) is 0. The Bertz CT molecular complexity index is 1120. The Morgan fingerprint density at radius 1 is 1.40 bits per heavy atom. The van der Waals surface area contributed by atoms with Crippen LogP contribution < -0.4 is 10.9 Å². The van der Waals surface area contributed by atoms with E-state index in [-0.39, 0.29) is 29.5 Å². The number of rotatable bonds is 9. The highest BCUT2D eigenvalue weighted by Crippen LogP contribution is 2.31. The summed E-state index contributed by atoms with van der Waals surface area (Å²) in [5.74, 6) is -0.181. The Labute approximate surface area is 183 Å². The van der Waals surface area contributed by atoms with E-state index in [9.17, 15) is 14.7 Å². The first-order chi connectivity index (χ1) is 14.5. The number of fused-ring (bicyclic) bond motifs is 1. The zero-order chi connectivity index (χ0) is 21.5. The number of thiophene rings is 1. The van der Waals surface area contributed by atoms with Crippen molar-refractivity contribution >= 4 is 44.8 Å². The summed E-state index contributed by atoms with van der Waals surface area (Å²) in [6.45, 7) is 7.56. The van der Waals surface area contributed by atoms with E-state index in [1.54, 1.807) is 10.6 Å². The normalized spacial score (nSPS) is 13.9. The average molecular weight is 442 g/mol. The third kappa shape index (κ3) is 5.01. The maximum absolute atomic E-state index is 13.3. The van der Waals surface area contributed by atoms with E-state index < -0.39 is 0 Å². The molecule has 156 valence electrons. The van der Waals surface area contributed by atoms with Gasteiger partial charge in [0, 0.05) is 17.5 Å². The van der Waals surface area contributed by atoms with Gasteiger partial charge in [-0.1, -0.05) is 48.7 Å². The highest BCUT2D eigenvalue weighted by Gasteiger charge is 2.18. The van der Waals surface area contributed by atoms with E-state index in [0.29, 0.717) is 21.9 Å². The Kier molecular flexibility index (Phi) is 7.48. The standard InChI is InChI=1S/C22H23N3O3S2/c1-3-8-16(26)12-23-18(27)14-30-22-24-20-19(21(28)25(22)11-4-2)17(13-29-20)15-9-6-5-7-10-15/h3-4,6,8-10,13,26H,1-2,5,7,11-12,14H2,(H,23,27)/b16-8-. The number of hydrogen-bond acceptors (Lipinski definition) is 6. The van der Waals surface area contributed by atoms with Crippen LogP contribution in [0.1, 0.15) is 18.4 Å². The van der Waals surface area contributed by atoms with E-state index in [1.807, 2.05) is 11.5 Å². The van der Waals surface area contributed by atoms with Crippen molar-refractivity contribution < 1.29 is 9.90 Å². The summed E-state index contributed by atoms with van der Waals surface area (Å²) in [5.41, 5.74) is 1.81. The number of carbonyl (C=O) groups is 1. The number of hydrogen-bond donors (Lipinski definition) is 2. The first-order valence-corrected chi connectivity index (χ1v) is 11.3. The zero-order valence-electron chi connectivity index (χ0n) is 16.5. The molecule has 3 rings (SSSR count). The molecule has 8 heteroatoms. The maximum atomic E-state index is 13.3. The summed E-state index contributed by atoms with van der Waals surface area (Å²) in [6, 6.07) is 0. The van der Waals surface area contributed by atoms with Gasteiger partial charge in [0.2, 0.25) is 5.91 Å². The lowest BCUT2D eigenvalue weighted by atomic mass is 10.0. The molecule has 0 saturated carbocycles. The van der Waals surface area contributed by atoms with Gasteiger partial charge in [-0.2, -0.15) is 0 Å². The van der Waals surface area contributed by atoms with Gasteiger partial charge >= 0.3 is 0 Å². The number of aliphatic hydroxyl groups excluding tert-OH is 1. The highest BCUT2D eigenvalue weighted by atomic mass is 32.2. The van der Waals surface area contributed by atoms with Crippen LogP contribution in [0.15, 0.2) is 70.7 Å². The predicted octanol–water partition coefficient (Wildman–Crippen LogP) is 4.21. The van der Waals surface area contributed by atoms with Gasteiger partial charge in [0.1, 0.15) is 10.6 Å². The lowest BCUT2D eigenvalue weighted by Gasteiger charge is -2.11. The molecule has 2 aromatic rings. The third-order valence-corrected chi connectivity index (χ3v) is 6.23. The maximum Gasteiger partial charge on any atom is 0.263 e. The van der Waals surface area contributed by atoms with Crippen molar-refractivity contribution in [2.24, 2.45) is 0 Å². The Balaban J connectivity index is 1.86. The molecule has 0 fully saturated rings. The van der Waals surface area contributed by atoms with Gasteiger partial charge in [0.05, 0.1) is 17.7 Å². The molecule has 0 aromatic carbocycles. The molecule has 0 spiro atoms. The van der Waals surface area contributed by atoms with E-state index >= 15 is 0 Å². The first kappa shape index (κ1) is 21.9. The van der Waals surface area contributed by atoms with Crippen molar-refractivity contribution in [3.05, 3.63) is 76.7 Å². The minimum Gasteiger partial charge on any atom is -0.510 e. The van der Waals surface area contributed by atoms with E-state index in [1.165, 1.54) is 35.3 Å².